The fraction of sp³-hybridized carbons (Fsp3) is 0.440. The highest BCUT2D eigenvalue weighted by Crippen LogP contribution is 2.23. The molecule has 1 N–H and O–H groups in total. The number of rotatable bonds is 8. The molecule has 1 saturated heterocycles. The smallest absolute Gasteiger partial charge is 0.422 e. The summed E-state index contributed by atoms with van der Waals surface area (Å²) in [6.07, 6.45) is -3.74. The van der Waals surface area contributed by atoms with E-state index in [2.05, 4.69) is 36.0 Å². The second-order valence-electron chi connectivity index (χ2n) is 8.68. The summed E-state index contributed by atoms with van der Waals surface area (Å²) in [4.78, 5) is 22.8. The Kier molecular flexibility index (Phi) is 10.9. The van der Waals surface area contributed by atoms with Crippen LogP contribution in [0.1, 0.15) is 37.8 Å². The van der Waals surface area contributed by atoms with Crippen LogP contribution in [-0.2, 0) is 26.2 Å². The number of hydrogen-bond donors (Lipinski definition) is 1. The van der Waals surface area contributed by atoms with Crippen molar-refractivity contribution >= 4 is 22.3 Å². The van der Waals surface area contributed by atoms with Crippen LogP contribution in [-0.4, -0.2) is 68.9 Å². The summed E-state index contributed by atoms with van der Waals surface area (Å²) in [5.41, 5.74) is 2.46. The van der Waals surface area contributed by atoms with Crippen LogP contribution in [0.2, 0.25) is 0 Å². The van der Waals surface area contributed by atoms with E-state index < -0.39 is 22.8 Å². The monoisotopic (exact) mass is 543 g/mol. The standard InChI is InChI=1S/C14H17F3N2O4S.C11H15NO/c1-11(20)18-6-8-19(9-7-18)24(21,22)13-4-2-12(3-5-13)23-10-14(15,16)17;1-9(2)11-5-3-10(4-6-11)7-12-8-13/h2-5H,6-10H2,1H3;3-6,8-9H,7H2,1-2H3,(H,12,13). The van der Waals surface area contributed by atoms with Crippen LogP contribution >= 0.6 is 0 Å². The van der Waals surface area contributed by atoms with Gasteiger partial charge in [0.25, 0.3) is 0 Å². The number of alkyl halides is 3. The van der Waals surface area contributed by atoms with Gasteiger partial charge in [-0.25, -0.2) is 8.42 Å². The van der Waals surface area contributed by atoms with Gasteiger partial charge in [0.05, 0.1) is 4.90 Å². The van der Waals surface area contributed by atoms with Gasteiger partial charge in [-0.2, -0.15) is 17.5 Å². The molecule has 12 heteroatoms. The number of sulfonamides is 1. The number of piperazine rings is 1. The van der Waals surface area contributed by atoms with E-state index in [0.717, 1.165) is 12.0 Å². The summed E-state index contributed by atoms with van der Waals surface area (Å²) in [6.45, 7) is 5.89. The Hall–Kier alpha value is -3.12. The number of nitrogens with zero attached hydrogens (tertiary/aromatic N) is 2. The molecule has 1 aliphatic rings. The molecule has 204 valence electrons. The third-order valence-corrected chi connectivity index (χ3v) is 7.50. The Morgan fingerprint density at radius 3 is 2.05 bits per heavy atom. The zero-order chi connectivity index (χ0) is 27.6. The average Bonchev–Trinajstić information content (AvgIpc) is 2.86. The third-order valence-electron chi connectivity index (χ3n) is 5.58. The molecule has 0 radical (unpaired) electrons. The van der Waals surface area contributed by atoms with Crippen LogP contribution < -0.4 is 10.1 Å². The van der Waals surface area contributed by atoms with Gasteiger partial charge < -0.3 is 15.0 Å². The van der Waals surface area contributed by atoms with Gasteiger partial charge in [0, 0.05) is 39.6 Å². The van der Waals surface area contributed by atoms with Crippen LogP contribution in [0.4, 0.5) is 13.2 Å². The van der Waals surface area contributed by atoms with Crippen LogP contribution in [0, 0.1) is 0 Å². The number of carbonyl (C=O) groups is 2. The molecule has 0 atom stereocenters. The zero-order valence-corrected chi connectivity index (χ0v) is 21.8. The van der Waals surface area contributed by atoms with Crippen molar-refractivity contribution in [2.24, 2.45) is 0 Å². The van der Waals surface area contributed by atoms with Gasteiger partial charge >= 0.3 is 6.18 Å². The normalized spacial score (nSPS) is 14.5. The summed E-state index contributed by atoms with van der Waals surface area (Å²) in [5.74, 6) is 0.388. The molecule has 37 heavy (non-hydrogen) atoms. The number of amides is 2. The highest BCUT2D eigenvalue weighted by atomic mass is 32.2. The van der Waals surface area contributed by atoms with E-state index in [4.69, 9.17) is 0 Å². The molecule has 2 aromatic carbocycles. The zero-order valence-electron chi connectivity index (χ0n) is 21.0. The highest BCUT2D eigenvalue weighted by molar-refractivity contribution is 7.89. The van der Waals surface area contributed by atoms with E-state index in [1.807, 2.05) is 12.1 Å². The van der Waals surface area contributed by atoms with Gasteiger partial charge in [0.2, 0.25) is 22.3 Å². The second-order valence-corrected chi connectivity index (χ2v) is 10.6. The molecular formula is C25H32F3N3O5S. The molecule has 0 unspecified atom stereocenters. The molecule has 1 aliphatic heterocycles. The lowest BCUT2D eigenvalue weighted by Gasteiger charge is -2.33. The minimum atomic E-state index is -4.46. The SMILES string of the molecule is CC(=O)N1CCN(S(=O)(=O)c2ccc(OCC(F)(F)F)cc2)CC1.CC(C)c1ccc(CNC=O)cc1. The maximum Gasteiger partial charge on any atom is 0.422 e. The van der Waals surface area contributed by atoms with Gasteiger partial charge in [0.1, 0.15) is 5.75 Å². The van der Waals surface area contributed by atoms with E-state index in [0.29, 0.717) is 25.6 Å². The third kappa shape index (κ3) is 9.69. The predicted octanol–water partition coefficient (Wildman–Crippen LogP) is 3.54. The molecule has 8 nitrogen and oxygen atoms in total. The molecule has 0 aromatic heterocycles. The number of benzene rings is 2. The van der Waals surface area contributed by atoms with E-state index in [9.17, 15) is 31.2 Å². The largest absolute Gasteiger partial charge is 0.484 e. The molecule has 1 heterocycles. The molecule has 2 amide bonds. The average molecular weight is 544 g/mol. The lowest BCUT2D eigenvalue weighted by Crippen LogP contribution is -2.49. The van der Waals surface area contributed by atoms with Crippen LogP contribution in [0.5, 0.6) is 5.75 Å². The summed E-state index contributed by atoms with van der Waals surface area (Å²) in [6, 6.07) is 13.1. The van der Waals surface area contributed by atoms with Gasteiger partial charge in [-0.3, -0.25) is 9.59 Å². The second kappa shape index (κ2) is 13.4. The molecule has 3 rings (SSSR count). The van der Waals surface area contributed by atoms with Crippen molar-refractivity contribution < 1.29 is 35.9 Å². The predicted molar refractivity (Wildman–Crippen MR) is 132 cm³/mol. The first-order valence-corrected chi connectivity index (χ1v) is 13.1. The van der Waals surface area contributed by atoms with Crippen molar-refractivity contribution in [1.29, 1.82) is 0 Å². The van der Waals surface area contributed by atoms with Crippen molar-refractivity contribution in [3.63, 3.8) is 0 Å². The topological polar surface area (TPSA) is 96.0 Å². The lowest BCUT2D eigenvalue weighted by molar-refractivity contribution is -0.153. The molecule has 0 aliphatic carbocycles. The van der Waals surface area contributed by atoms with Crippen LogP contribution in [0.25, 0.3) is 0 Å². The summed E-state index contributed by atoms with van der Waals surface area (Å²) < 4.78 is 67.0. The molecule has 1 fully saturated rings. The van der Waals surface area contributed by atoms with Gasteiger partial charge in [-0.05, 0) is 41.3 Å². The molecule has 2 aromatic rings. The first kappa shape index (κ1) is 30.1. The van der Waals surface area contributed by atoms with Gasteiger partial charge in [0.15, 0.2) is 6.61 Å². The minimum absolute atomic E-state index is 0.0295. The summed E-state index contributed by atoms with van der Waals surface area (Å²) in [5, 5.41) is 2.63. The molecular weight excluding hydrogens is 511 g/mol. The summed E-state index contributed by atoms with van der Waals surface area (Å²) in [7, 11) is -3.75. The maximum atomic E-state index is 12.5. The molecule has 0 saturated carbocycles. The summed E-state index contributed by atoms with van der Waals surface area (Å²) >= 11 is 0. The van der Waals surface area contributed by atoms with Crippen LogP contribution in [0.15, 0.2) is 53.4 Å². The molecule has 0 spiro atoms. The van der Waals surface area contributed by atoms with E-state index in [-0.39, 0.29) is 29.6 Å². The van der Waals surface area contributed by atoms with Crippen molar-refractivity contribution in [3.8, 4) is 5.75 Å². The van der Waals surface area contributed by atoms with Crippen LogP contribution in [0.3, 0.4) is 0 Å². The van der Waals surface area contributed by atoms with Crippen molar-refractivity contribution in [2.45, 2.75) is 44.3 Å². The Morgan fingerprint density at radius 1 is 1.03 bits per heavy atom. The van der Waals surface area contributed by atoms with Crippen molar-refractivity contribution in [1.82, 2.24) is 14.5 Å². The van der Waals surface area contributed by atoms with Gasteiger partial charge in [-0.15, -0.1) is 0 Å². The van der Waals surface area contributed by atoms with E-state index in [1.54, 1.807) is 4.90 Å². The number of carbonyl (C=O) groups excluding carboxylic acids is 2. The number of ether oxygens (including phenoxy) is 1. The first-order valence-electron chi connectivity index (χ1n) is 11.6. The Labute approximate surface area is 215 Å². The highest BCUT2D eigenvalue weighted by Gasteiger charge is 2.30. The van der Waals surface area contributed by atoms with Crippen molar-refractivity contribution in [3.05, 3.63) is 59.7 Å². The fourth-order valence-corrected chi connectivity index (χ4v) is 4.87. The number of halogens is 3. The quantitative estimate of drug-likeness (QED) is 0.514. The maximum absolute atomic E-state index is 12.5. The minimum Gasteiger partial charge on any atom is -0.484 e. The number of hydrogen-bond acceptors (Lipinski definition) is 5. The van der Waals surface area contributed by atoms with Gasteiger partial charge in [-0.1, -0.05) is 38.1 Å². The Morgan fingerprint density at radius 2 is 1.59 bits per heavy atom. The van der Waals surface area contributed by atoms with E-state index in [1.165, 1.54) is 41.1 Å². The Balaban J connectivity index is 0.000000312. The Bertz CT molecular complexity index is 1110. The fourth-order valence-electron chi connectivity index (χ4n) is 3.45. The van der Waals surface area contributed by atoms with Crippen molar-refractivity contribution in [2.75, 3.05) is 32.8 Å². The lowest BCUT2D eigenvalue weighted by atomic mass is 10.0. The number of nitrogens with one attached hydrogen (secondary N) is 1. The van der Waals surface area contributed by atoms with E-state index >= 15 is 0 Å². The molecule has 0 bridgehead atoms. The first-order chi connectivity index (χ1) is 17.3.